The molecule has 1 aliphatic carbocycles. The van der Waals surface area contributed by atoms with Crippen LogP contribution in [0.25, 0.3) is 0 Å². The highest BCUT2D eigenvalue weighted by molar-refractivity contribution is 5.86. The zero-order valence-electron chi connectivity index (χ0n) is 13.5. The number of carbonyl (C=O) groups is 3. The highest BCUT2D eigenvalue weighted by Crippen LogP contribution is 2.39. The molecule has 1 fully saturated rings. The summed E-state index contributed by atoms with van der Waals surface area (Å²) in [5, 5.41) is 2.66. The average Bonchev–Trinajstić information content (AvgIpc) is 2.85. The van der Waals surface area contributed by atoms with Crippen LogP contribution in [-0.4, -0.2) is 37.6 Å². The molecule has 0 aliphatic heterocycles. The summed E-state index contributed by atoms with van der Waals surface area (Å²) in [6, 6.07) is -0.693. The lowest BCUT2D eigenvalue weighted by atomic mass is 9.87. The second-order valence-electron chi connectivity index (χ2n) is 5.75. The molecule has 0 aromatic rings. The van der Waals surface area contributed by atoms with Crippen molar-refractivity contribution in [3.63, 3.8) is 0 Å². The fourth-order valence-corrected chi connectivity index (χ4v) is 2.90. The molecule has 0 aromatic heterocycles. The minimum atomic E-state index is -0.693. The average molecular weight is 311 g/mol. The topological polar surface area (TPSA) is 81.7 Å². The Labute approximate surface area is 131 Å². The monoisotopic (exact) mass is 311 g/mol. The van der Waals surface area contributed by atoms with Gasteiger partial charge in [-0.1, -0.05) is 19.6 Å². The molecule has 6 heteroatoms. The molecule has 6 nitrogen and oxygen atoms in total. The summed E-state index contributed by atoms with van der Waals surface area (Å²) >= 11 is 0. The Morgan fingerprint density at radius 2 is 2.05 bits per heavy atom. The quantitative estimate of drug-likeness (QED) is 0.568. The van der Waals surface area contributed by atoms with E-state index >= 15 is 0 Å². The van der Waals surface area contributed by atoms with Crippen LogP contribution in [0.15, 0.2) is 12.7 Å². The van der Waals surface area contributed by atoms with Crippen molar-refractivity contribution in [2.45, 2.75) is 39.2 Å². The summed E-state index contributed by atoms with van der Waals surface area (Å²) in [6.45, 7) is 7.28. The summed E-state index contributed by atoms with van der Waals surface area (Å²) in [6.07, 6.45) is 3.31. The molecule has 0 spiro atoms. The Morgan fingerprint density at radius 1 is 1.36 bits per heavy atom. The molecule has 22 heavy (non-hydrogen) atoms. The minimum Gasteiger partial charge on any atom is -0.467 e. The van der Waals surface area contributed by atoms with Gasteiger partial charge in [0.25, 0.3) is 0 Å². The van der Waals surface area contributed by atoms with Gasteiger partial charge in [0.05, 0.1) is 7.11 Å². The third-order valence-electron chi connectivity index (χ3n) is 4.20. The molecule has 4 atom stereocenters. The summed E-state index contributed by atoms with van der Waals surface area (Å²) < 4.78 is 9.60. The minimum absolute atomic E-state index is 0.0674. The van der Waals surface area contributed by atoms with Gasteiger partial charge in [0, 0.05) is 12.3 Å². The van der Waals surface area contributed by atoms with E-state index in [2.05, 4.69) is 16.6 Å². The van der Waals surface area contributed by atoms with Crippen LogP contribution in [0, 0.1) is 17.8 Å². The van der Waals surface area contributed by atoms with Gasteiger partial charge in [0.1, 0.15) is 12.6 Å². The maximum atomic E-state index is 12.3. The maximum absolute atomic E-state index is 12.3. The summed E-state index contributed by atoms with van der Waals surface area (Å²) in [5.74, 6) is -1.09. The van der Waals surface area contributed by atoms with Crippen molar-refractivity contribution < 1.29 is 23.9 Å². The molecule has 0 radical (unpaired) electrons. The number of rotatable bonds is 7. The first-order chi connectivity index (χ1) is 10.4. The lowest BCUT2D eigenvalue weighted by Gasteiger charge is -2.22. The van der Waals surface area contributed by atoms with E-state index in [4.69, 9.17) is 4.74 Å². The summed E-state index contributed by atoms with van der Waals surface area (Å²) in [5.41, 5.74) is 0. The van der Waals surface area contributed by atoms with Gasteiger partial charge in [-0.2, -0.15) is 0 Å². The number of esters is 2. The number of ether oxygens (including phenoxy) is 2. The van der Waals surface area contributed by atoms with Crippen LogP contribution in [-0.2, 0) is 23.9 Å². The SMILES string of the molecule is C=CCOC(=O)CC1C(C)CCC1C(=O)NC(C)C(=O)OC. The molecule has 0 aromatic carbocycles. The Hall–Kier alpha value is -1.85. The van der Waals surface area contributed by atoms with E-state index in [1.807, 2.05) is 6.92 Å². The van der Waals surface area contributed by atoms with E-state index in [1.54, 1.807) is 6.92 Å². The molecule has 1 saturated carbocycles. The molecule has 1 rings (SSSR count). The van der Waals surface area contributed by atoms with Crippen molar-refractivity contribution in [2.24, 2.45) is 17.8 Å². The molecule has 124 valence electrons. The van der Waals surface area contributed by atoms with Crippen molar-refractivity contribution in [3.05, 3.63) is 12.7 Å². The van der Waals surface area contributed by atoms with Gasteiger partial charge in [-0.05, 0) is 31.6 Å². The highest BCUT2D eigenvalue weighted by atomic mass is 16.5. The number of methoxy groups -OCH3 is 1. The third-order valence-corrected chi connectivity index (χ3v) is 4.20. The third kappa shape index (κ3) is 4.86. The Bertz CT molecular complexity index is 434. The van der Waals surface area contributed by atoms with Crippen LogP contribution in [0.5, 0.6) is 0 Å². The first-order valence-corrected chi connectivity index (χ1v) is 7.55. The fourth-order valence-electron chi connectivity index (χ4n) is 2.90. The predicted molar refractivity (Wildman–Crippen MR) is 80.8 cm³/mol. The predicted octanol–water partition coefficient (Wildman–Crippen LogP) is 1.45. The van der Waals surface area contributed by atoms with Gasteiger partial charge in [0.15, 0.2) is 0 Å². The fraction of sp³-hybridized carbons (Fsp3) is 0.688. The van der Waals surface area contributed by atoms with Crippen LogP contribution in [0.2, 0.25) is 0 Å². The van der Waals surface area contributed by atoms with E-state index in [0.29, 0.717) is 6.42 Å². The van der Waals surface area contributed by atoms with Gasteiger partial charge in [-0.15, -0.1) is 0 Å². The van der Waals surface area contributed by atoms with E-state index in [0.717, 1.165) is 6.42 Å². The zero-order valence-corrected chi connectivity index (χ0v) is 13.5. The molecule has 0 heterocycles. The molecule has 0 bridgehead atoms. The lowest BCUT2D eigenvalue weighted by molar-refractivity contribution is -0.147. The molecule has 1 N–H and O–H groups in total. The second kappa shape index (κ2) is 8.56. The van der Waals surface area contributed by atoms with Crippen LogP contribution >= 0.6 is 0 Å². The zero-order chi connectivity index (χ0) is 16.7. The maximum Gasteiger partial charge on any atom is 0.328 e. The lowest BCUT2D eigenvalue weighted by Crippen LogP contribution is -2.43. The van der Waals surface area contributed by atoms with Crippen molar-refractivity contribution >= 4 is 17.8 Å². The number of nitrogens with one attached hydrogen (secondary N) is 1. The van der Waals surface area contributed by atoms with Gasteiger partial charge in [-0.3, -0.25) is 9.59 Å². The second-order valence-corrected chi connectivity index (χ2v) is 5.75. The summed E-state index contributed by atoms with van der Waals surface area (Å²) in [7, 11) is 1.28. The Morgan fingerprint density at radius 3 is 2.64 bits per heavy atom. The molecule has 0 saturated heterocycles. The van der Waals surface area contributed by atoms with E-state index in [1.165, 1.54) is 13.2 Å². The molecule has 4 unspecified atom stereocenters. The van der Waals surface area contributed by atoms with E-state index < -0.39 is 12.0 Å². The first-order valence-electron chi connectivity index (χ1n) is 7.55. The number of hydrogen-bond donors (Lipinski definition) is 1. The molecule has 1 amide bonds. The van der Waals surface area contributed by atoms with Crippen molar-refractivity contribution in [2.75, 3.05) is 13.7 Å². The number of hydrogen-bond acceptors (Lipinski definition) is 5. The van der Waals surface area contributed by atoms with Crippen LogP contribution < -0.4 is 5.32 Å². The standard InChI is InChI=1S/C16H25NO5/c1-5-8-22-14(18)9-13-10(2)6-7-12(13)15(19)17-11(3)16(20)21-4/h5,10-13H,1,6-9H2,2-4H3,(H,17,19). The van der Waals surface area contributed by atoms with Gasteiger partial charge >= 0.3 is 11.9 Å². The molecular formula is C16H25NO5. The number of carbonyl (C=O) groups excluding carboxylic acids is 3. The van der Waals surface area contributed by atoms with Gasteiger partial charge < -0.3 is 14.8 Å². The van der Waals surface area contributed by atoms with Crippen molar-refractivity contribution in [3.8, 4) is 0 Å². The van der Waals surface area contributed by atoms with Gasteiger partial charge in [-0.25, -0.2) is 4.79 Å². The van der Waals surface area contributed by atoms with E-state index in [-0.39, 0.29) is 42.7 Å². The van der Waals surface area contributed by atoms with E-state index in [9.17, 15) is 14.4 Å². The Balaban J connectivity index is 2.63. The van der Waals surface area contributed by atoms with Crippen LogP contribution in [0.3, 0.4) is 0 Å². The smallest absolute Gasteiger partial charge is 0.328 e. The summed E-state index contributed by atoms with van der Waals surface area (Å²) in [4.78, 5) is 35.5. The van der Waals surface area contributed by atoms with Crippen LogP contribution in [0.4, 0.5) is 0 Å². The van der Waals surface area contributed by atoms with Crippen LogP contribution in [0.1, 0.15) is 33.1 Å². The number of amides is 1. The van der Waals surface area contributed by atoms with Crippen molar-refractivity contribution in [1.29, 1.82) is 0 Å². The molecule has 1 aliphatic rings. The first kappa shape index (κ1) is 18.2. The molecular weight excluding hydrogens is 286 g/mol. The highest BCUT2D eigenvalue weighted by Gasteiger charge is 2.40. The Kier molecular flexibility index (Phi) is 7.08. The van der Waals surface area contributed by atoms with Crippen molar-refractivity contribution in [1.82, 2.24) is 5.32 Å². The normalized spacial score (nSPS) is 25.1. The largest absolute Gasteiger partial charge is 0.467 e. The van der Waals surface area contributed by atoms with Gasteiger partial charge in [0.2, 0.25) is 5.91 Å².